The zero-order chi connectivity index (χ0) is 48.2. The Kier molecular flexibility index (Phi) is 48.6. The highest BCUT2D eigenvalue weighted by molar-refractivity contribution is 8.39. The summed E-state index contributed by atoms with van der Waals surface area (Å²) in [5.41, 5.74) is 0. The number of aliphatic hydroxyl groups is 1. The van der Waals surface area contributed by atoms with Gasteiger partial charge in [0.1, 0.15) is 0 Å². The minimum atomic E-state index is -1.65. The van der Waals surface area contributed by atoms with E-state index >= 15 is 0 Å². The van der Waals surface area contributed by atoms with Gasteiger partial charge in [-0.1, -0.05) is 180 Å². The molecule has 0 aliphatic rings. The van der Waals surface area contributed by atoms with Crippen molar-refractivity contribution in [3.8, 4) is 0 Å². The van der Waals surface area contributed by atoms with Crippen molar-refractivity contribution in [2.24, 2.45) is 0 Å². The number of hydrogen-bond donors (Lipinski definition) is 1. The summed E-state index contributed by atoms with van der Waals surface area (Å²) in [5, 5.41) is 10.1. The Morgan fingerprint density at radius 2 is 0.859 bits per heavy atom. The van der Waals surface area contributed by atoms with E-state index in [0.717, 1.165) is 70.4 Å². The van der Waals surface area contributed by atoms with Crippen LogP contribution in [0.15, 0.2) is 0 Å². The largest absolute Gasteiger partial charge is 0.368 e. The van der Waals surface area contributed by atoms with Crippen LogP contribution >= 0.6 is 42.0 Å². The quantitative estimate of drug-likeness (QED) is 0.0370. The maximum Gasteiger partial charge on any atom is 0.180 e. The third kappa shape index (κ3) is 50.9. The van der Waals surface area contributed by atoms with Gasteiger partial charge in [0.05, 0.1) is 0 Å². The average molecular weight is 993 g/mol. The molecule has 0 heterocycles. The molecule has 0 radical (unpaired) electrons. The van der Waals surface area contributed by atoms with Gasteiger partial charge >= 0.3 is 0 Å². The Hall–Kier alpha value is 0.990. The van der Waals surface area contributed by atoms with Crippen LogP contribution in [0.5, 0.6) is 0 Å². The summed E-state index contributed by atoms with van der Waals surface area (Å²) < 4.78 is 31.3. The van der Waals surface area contributed by atoms with E-state index in [4.69, 9.17) is 20.9 Å². The van der Waals surface area contributed by atoms with Crippen LogP contribution in [-0.2, 0) is 20.9 Å². The van der Waals surface area contributed by atoms with Crippen LogP contribution in [0.4, 0.5) is 0 Å². The lowest BCUT2D eigenvalue weighted by atomic mass is 10.1. The van der Waals surface area contributed by atoms with Gasteiger partial charge in [0, 0.05) is 44.2 Å². The van der Waals surface area contributed by atoms with E-state index in [-0.39, 0.29) is 17.1 Å². The lowest BCUT2D eigenvalue weighted by molar-refractivity contribution is -0.105. The number of nitrogens with zero attached hydrogens (tertiary/aromatic N) is 1. The smallest absolute Gasteiger partial charge is 0.180 e. The zero-order valence-corrected chi connectivity index (χ0v) is 48.6. The van der Waals surface area contributed by atoms with Gasteiger partial charge in [-0.2, -0.15) is 10.6 Å². The minimum Gasteiger partial charge on any atom is -0.368 e. The second-order valence-corrected chi connectivity index (χ2v) is 31.2. The zero-order valence-electron chi connectivity index (χ0n) is 45.3. The highest BCUT2D eigenvalue weighted by Crippen LogP contribution is 2.59. The van der Waals surface area contributed by atoms with Crippen molar-refractivity contribution in [3.63, 3.8) is 0 Å². The van der Waals surface area contributed by atoms with Crippen molar-refractivity contribution < 1.29 is 26.0 Å². The molecular formula is C53H117NO6S4. The van der Waals surface area contributed by atoms with Crippen LogP contribution in [0.25, 0.3) is 0 Å². The molecule has 0 aromatic carbocycles. The van der Waals surface area contributed by atoms with Crippen LogP contribution in [0.1, 0.15) is 233 Å². The standard InChI is InChI=1S/C41H89NO5S2.C12H28OS2/c1-9-12-15-18-21-30-37-44-40(43)33-26-24-28-35-42(4)36-29-25-27-34-41(45-38-31-22-19-16-13-10-2)46-49(7,8)47-48(5,6)39-32-23-20-17-14-11-3;1-6-7-8-9-10-11-12-15(4,5)13-14(2)3/h40-41,43H,9-39H2,1-8H3;2,6-12H2,1,3-5H3. The molecule has 0 bridgehead atoms. The molecule has 3 unspecified atom stereocenters. The van der Waals surface area contributed by atoms with Crippen molar-refractivity contribution in [3.05, 3.63) is 0 Å². The van der Waals surface area contributed by atoms with Crippen molar-refractivity contribution in [2.45, 2.75) is 246 Å². The van der Waals surface area contributed by atoms with Gasteiger partial charge in [0.2, 0.25) is 0 Å². The predicted molar refractivity (Wildman–Crippen MR) is 302 cm³/mol. The highest BCUT2D eigenvalue weighted by atomic mass is 32.3. The van der Waals surface area contributed by atoms with Gasteiger partial charge in [-0.15, -0.1) is 20.6 Å². The second-order valence-electron chi connectivity index (χ2n) is 19.9. The molecule has 0 aliphatic heterocycles. The van der Waals surface area contributed by atoms with Crippen molar-refractivity contribution in [2.75, 3.05) is 88.6 Å². The molecule has 1 N–H and O–H groups in total. The number of aliphatic hydroxyl groups excluding tert-OH is 1. The Bertz CT molecular complexity index is 991. The summed E-state index contributed by atoms with van der Waals surface area (Å²) in [6, 6.07) is 0. The molecular weight excluding hydrogens is 875 g/mol. The number of rotatable bonds is 48. The summed E-state index contributed by atoms with van der Waals surface area (Å²) >= 11 is 0. The first-order valence-electron chi connectivity index (χ1n) is 26.8. The third-order valence-electron chi connectivity index (χ3n) is 11.5. The first-order valence-corrected chi connectivity index (χ1v) is 35.9. The number of hydrogen-bond acceptors (Lipinski definition) is 7. The molecule has 0 amide bonds. The van der Waals surface area contributed by atoms with E-state index in [1.165, 1.54) is 166 Å². The van der Waals surface area contributed by atoms with E-state index in [9.17, 15) is 5.11 Å². The maximum absolute atomic E-state index is 10.1. The summed E-state index contributed by atoms with van der Waals surface area (Å²) in [7, 11) is -1.49. The lowest BCUT2D eigenvalue weighted by Gasteiger charge is -2.46. The highest BCUT2D eigenvalue weighted by Gasteiger charge is 2.24. The van der Waals surface area contributed by atoms with Gasteiger partial charge in [0.15, 0.2) is 12.6 Å². The van der Waals surface area contributed by atoms with Crippen molar-refractivity contribution in [1.82, 2.24) is 4.90 Å². The molecule has 0 aromatic rings. The molecule has 0 aliphatic carbocycles. The summed E-state index contributed by atoms with van der Waals surface area (Å²) in [4.78, 5) is 2.46. The van der Waals surface area contributed by atoms with Crippen LogP contribution in [0.2, 0.25) is 0 Å². The first-order chi connectivity index (χ1) is 30.5. The van der Waals surface area contributed by atoms with Crippen LogP contribution in [0.3, 0.4) is 0 Å². The van der Waals surface area contributed by atoms with E-state index < -0.39 is 37.5 Å². The Morgan fingerprint density at radius 3 is 1.31 bits per heavy atom. The van der Waals surface area contributed by atoms with Crippen molar-refractivity contribution >= 4 is 47.8 Å². The summed E-state index contributed by atoms with van der Waals surface area (Å²) in [5.74, 6) is 6.32. The van der Waals surface area contributed by atoms with Gasteiger partial charge in [-0.25, -0.2) is 3.63 Å². The van der Waals surface area contributed by atoms with E-state index in [0.29, 0.717) is 6.61 Å². The van der Waals surface area contributed by atoms with Crippen LogP contribution in [0, 0.1) is 0 Å². The average Bonchev–Trinajstić information content (AvgIpc) is 3.21. The molecule has 0 saturated carbocycles. The molecule has 394 valence electrons. The number of ether oxygens (including phenoxy) is 2. The fourth-order valence-corrected chi connectivity index (χ4v) is 17.1. The monoisotopic (exact) mass is 992 g/mol. The van der Waals surface area contributed by atoms with Crippen LogP contribution < -0.4 is 0 Å². The minimum absolute atomic E-state index is 0.108. The fourth-order valence-electron chi connectivity index (χ4n) is 7.86. The molecule has 0 spiro atoms. The Balaban J connectivity index is 0. The fraction of sp³-hybridized carbons (Fsp3) is 0.981. The summed E-state index contributed by atoms with van der Waals surface area (Å²) in [6.07, 6.45) is 54.6. The van der Waals surface area contributed by atoms with Gasteiger partial charge in [-0.3, -0.25) is 7.81 Å². The molecule has 11 heteroatoms. The molecule has 0 saturated heterocycles. The second kappa shape index (κ2) is 46.4. The molecule has 0 rings (SSSR count). The summed E-state index contributed by atoms with van der Waals surface area (Å²) in [6.45, 7) is 12.8. The topological polar surface area (TPSA) is 69.6 Å². The van der Waals surface area contributed by atoms with E-state index in [1.54, 1.807) is 0 Å². The van der Waals surface area contributed by atoms with Gasteiger partial charge in [-0.05, 0) is 115 Å². The lowest BCUT2D eigenvalue weighted by Crippen LogP contribution is -2.23. The third-order valence-corrected chi connectivity index (χ3v) is 20.0. The van der Waals surface area contributed by atoms with Gasteiger partial charge in [0.25, 0.3) is 0 Å². The number of unbranched alkanes of at least 4 members (excludes halogenated alkanes) is 24. The molecule has 3 atom stereocenters. The van der Waals surface area contributed by atoms with Crippen molar-refractivity contribution in [1.29, 1.82) is 0 Å². The Morgan fingerprint density at radius 1 is 0.484 bits per heavy atom. The maximum atomic E-state index is 10.1. The first kappa shape index (κ1) is 67.1. The molecule has 0 aromatic heterocycles. The van der Waals surface area contributed by atoms with E-state index in [1.807, 2.05) is 0 Å². The molecule has 64 heavy (non-hydrogen) atoms. The molecule has 0 fully saturated rings. The Labute approximate surface area is 410 Å². The predicted octanol–water partition coefficient (Wildman–Crippen LogP) is 17.3. The normalized spacial score (nSPS) is 14.7. The molecule has 7 nitrogen and oxygen atoms in total. The van der Waals surface area contributed by atoms with Gasteiger partial charge < -0.3 is 19.5 Å². The SMILES string of the molecule is C=S(C)OS(C)(C)CCCCCCCC.CCCCCCCCOC(O)CCCCCN(C)CCCCCC(OCCCCCCCC)OS(C)(C)OS(C)(C)CCCCCCCC. The van der Waals surface area contributed by atoms with E-state index in [2.05, 4.69) is 89.3 Å². The van der Waals surface area contributed by atoms with Crippen LogP contribution in [-0.4, -0.2) is 117 Å².